The zero-order valence-electron chi connectivity index (χ0n) is 18.2. The second kappa shape index (κ2) is 9.15. The van der Waals surface area contributed by atoms with Crippen LogP contribution in [-0.2, 0) is 19.6 Å². The Labute approximate surface area is 193 Å². The molecule has 0 aromatic heterocycles. The summed E-state index contributed by atoms with van der Waals surface area (Å²) >= 11 is 1.46. The van der Waals surface area contributed by atoms with Gasteiger partial charge in [0.05, 0.1) is 16.5 Å². The lowest BCUT2D eigenvalue weighted by Crippen LogP contribution is -2.33. The summed E-state index contributed by atoms with van der Waals surface area (Å²) in [6.07, 6.45) is 2.19. The van der Waals surface area contributed by atoms with E-state index in [-0.39, 0.29) is 23.1 Å². The number of hydrogen-bond acceptors (Lipinski definition) is 5. The minimum Gasteiger partial charge on any atom is -0.343 e. The van der Waals surface area contributed by atoms with Gasteiger partial charge in [0.25, 0.3) is 10.0 Å². The highest BCUT2D eigenvalue weighted by Gasteiger charge is 2.30. The van der Waals surface area contributed by atoms with Crippen molar-refractivity contribution >= 4 is 45.0 Å². The van der Waals surface area contributed by atoms with Gasteiger partial charge in [-0.2, -0.15) is 0 Å². The second-order valence-corrected chi connectivity index (χ2v) is 11.2. The number of hydrogen-bond donors (Lipinski definition) is 2. The Balaban J connectivity index is 1.50. The average Bonchev–Trinajstić information content (AvgIpc) is 3.20. The second-order valence-electron chi connectivity index (χ2n) is 8.43. The maximum absolute atomic E-state index is 13.0. The smallest absolute Gasteiger partial charge is 0.261 e. The van der Waals surface area contributed by atoms with Gasteiger partial charge in [0.1, 0.15) is 0 Å². The molecule has 1 saturated heterocycles. The van der Waals surface area contributed by atoms with Crippen LogP contribution in [0.3, 0.4) is 0 Å². The number of anilines is 2. The summed E-state index contributed by atoms with van der Waals surface area (Å²) in [6, 6.07) is 10.2. The Morgan fingerprint density at radius 2 is 1.81 bits per heavy atom. The summed E-state index contributed by atoms with van der Waals surface area (Å²) in [5.41, 5.74) is 2.88. The predicted octanol–water partition coefficient (Wildman–Crippen LogP) is 3.78. The molecule has 2 amide bonds. The molecule has 170 valence electrons. The van der Waals surface area contributed by atoms with Crippen molar-refractivity contribution in [3.05, 3.63) is 47.5 Å². The van der Waals surface area contributed by atoms with Crippen molar-refractivity contribution in [1.82, 2.24) is 4.90 Å². The number of nitrogens with zero attached hydrogens (tertiary/aromatic N) is 1. The summed E-state index contributed by atoms with van der Waals surface area (Å²) in [6.45, 7) is 5.33. The molecule has 0 spiro atoms. The fourth-order valence-electron chi connectivity index (χ4n) is 4.11. The molecule has 2 heterocycles. The molecule has 2 N–H and O–H groups in total. The lowest BCUT2D eigenvalue weighted by Gasteiger charge is -2.18. The minimum atomic E-state index is -3.82. The minimum absolute atomic E-state index is 0.00937. The van der Waals surface area contributed by atoms with Crippen molar-refractivity contribution in [3.8, 4) is 0 Å². The Morgan fingerprint density at radius 1 is 1.12 bits per heavy atom. The predicted molar refractivity (Wildman–Crippen MR) is 126 cm³/mol. The fraction of sp³-hybridized carbons (Fsp3) is 0.391. The van der Waals surface area contributed by atoms with E-state index in [0.717, 1.165) is 42.0 Å². The molecule has 0 radical (unpaired) electrons. The zero-order valence-corrected chi connectivity index (χ0v) is 19.8. The van der Waals surface area contributed by atoms with Gasteiger partial charge in [-0.05, 0) is 68.1 Å². The third kappa shape index (κ3) is 5.10. The first-order valence-corrected chi connectivity index (χ1v) is 13.1. The van der Waals surface area contributed by atoms with E-state index in [1.165, 1.54) is 17.8 Å². The van der Waals surface area contributed by atoms with Crippen LogP contribution in [0.15, 0.2) is 46.2 Å². The third-order valence-electron chi connectivity index (χ3n) is 5.68. The summed E-state index contributed by atoms with van der Waals surface area (Å²) in [5.74, 6) is -0.213. The molecule has 1 fully saturated rings. The van der Waals surface area contributed by atoms with Gasteiger partial charge in [0.2, 0.25) is 11.8 Å². The van der Waals surface area contributed by atoms with Crippen LogP contribution in [0.5, 0.6) is 0 Å². The molecule has 9 heteroatoms. The topological polar surface area (TPSA) is 95.6 Å². The number of fused-ring (bicyclic) bond motifs is 1. The molecule has 2 aromatic rings. The monoisotopic (exact) mass is 473 g/mol. The molecule has 2 aromatic carbocycles. The van der Waals surface area contributed by atoms with Crippen LogP contribution in [-0.4, -0.2) is 44.0 Å². The van der Waals surface area contributed by atoms with Crippen LogP contribution in [0, 0.1) is 19.8 Å². The van der Waals surface area contributed by atoms with Gasteiger partial charge in [-0.25, -0.2) is 8.42 Å². The van der Waals surface area contributed by atoms with Gasteiger partial charge in [-0.3, -0.25) is 14.3 Å². The van der Waals surface area contributed by atoms with E-state index < -0.39 is 15.9 Å². The first-order valence-electron chi connectivity index (χ1n) is 10.7. The number of likely N-dealkylation sites (tertiary alicyclic amines) is 1. The number of benzene rings is 2. The van der Waals surface area contributed by atoms with Gasteiger partial charge in [-0.1, -0.05) is 6.07 Å². The van der Waals surface area contributed by atoms with Crippen LogP contribution < -0.4 is 10.0 Å². The number of thioether (sulfide) groups is 1. The number of carbonyl (C=O) groups excluding carboxylic acids is 2. The molecule has 4 rings (SSSR count). The first kappa shape index (κ1) is 22.7. The average molecular weight is 474 g/mol. The maximum atomic E-state index is 13.0. The summed E-state index contributed by atoms with van der Waals surface area (Å²) in [5, 5.41) is 2.84. The van der Waals surface area contributed by atoms with E-state index in [4.69, 9.17) is 0 Å². The van der Waals surface area contributed by atoms with Crippen LogP contribution in [0.4, 0.5) is 11.4 Å². The van der Waals surface area contributed by atoms with E-state index in [0.29, 0.717) is 17.1 Å². The maximum Gasteiger partial charge on any atom is 0.261 e. The molecule has 32 heavy (non-hydrogen) atoms. The molecule has 0 aliphatic carbocycles. The van der Waals surface area contributed by atoms with Gasteiger partial charge in [0.15, 0.2) is 0 Å². The van der Waals surface area contributed by atoms with E-state index in [9.17, 15) is 18.0 Å². The van der Waals surface area contributed by atoms with Gasteiger partial charge >= 0.3 is 0 Å². The van der Waals surface area contributed by atoms with E-state index in [1.807, 2.05) is 24.8 Å². The van der Waals surface area contributed by atoms with Crippen LogP contribution >= 0.6 is 11.8 Å². The molecular weight excluding hydrogens is 446 g/mol. The summed E-state index contributed by atoms with van der Waals surface area (Å²) in [4.78, 5) is 28.0. The molecule has 0 saturated carbocycles. The number of carbonyl (C=O) groups is 2. The highest BCUT2D eigenvalue weighted by molar-refractivity contribution is 7.99. The van der Waals surface area contributed by atoms with Gasteiger partial charge in [-0.15, -0.1) is 11.8 Å². The van der Waals surface area contributed by atoms with Crippen LogP contribution in [0.25, 0.3) is 0 Å². The standard InChI is InChI=1S/C23H27N3O4S2/c1-15-9-16(2)11-18(10-15)25-32(29,30)19-5-6-21-20(13-19)24-23(28)17(14-31-21)12-22(27)26-7-3-4-8-26/h5-6,9-11,13,17,25H,3-4,7-8,12,14H2,1-2H3,(H,24,28). The molecule has 1 atom stereocenters. The molecule has 2 aliphatic heterocycles. The highest BCUT2D eigenvalue weighted by Crippen LogP contribution is 2.35. The largest absolute Gasteiger partial charge is 0.343 e. The molecule has 7 nitrogen and oxygen atoms in total. The Kier molecular flexibility index (Phi) is 6.48. The van der Waals surface area contributed by atoms with Crippen molar-refractivity contribution in [1.29, 1.82) is 0 Å². The Morgan fingerprint density at radius 3 is 2.50 bits per heavy atom. The number of aryl methyl sites for hydroxylation is 2. The van der Waals surface area contributed by atoms with Crippen molar-refractivity contribution in [3.63, 3.8) is 0 Å². The molecule has 0 bridgehead atoms. The highest BCUT2D eigenvalue weighted by atomic mass is 32.2. The number of rotatable bonds is 5. The molecular formula is C23H27N3O4S2. The van der Waals surface area contributed by atoms with Crippen molar-refractivity contribution in [2.24, 2.45) is 5.92 Å². The lowest BCUT2D eigenvalue weighted by atomic mass is 10.1. The third-order valence-corrected chi connectivity index (χ3v) is 8.30. The van der Waals surface area contributed by atoms with Crippen LogP contribution in [0.1, 0.15) is 30.4 Å². The zero-order chi connectivity index (χ0) is 22.9. The van der Waals surface area contributed by atoms with Crippen molar-refractivity contribution in [2.75, 3.05) is 28.9 Å². The van der Waals surface area contributed by atoms with Gasteiger partial charge < -0.3 is 10.2 Å². The fourth-order valence-corrected chi connectivity index (χ4v) is 6.25. The summed E-state index contributed by atoms with van der Waals surface area (Å²) in [7, 11) is -3.82. The van der Waals surface area contributed by atoms with Crippen LogP contribution in [0.2, 0.25) is 0 Å². The lowest BCUT2D eigenvalue weighted by molar-refractivity contribution is -0.133. The molecule has 1 unspecified atom stereocenters. The van der Waals surface area contributed by atoms with Crippen molar-refractivity contribution in [2.45, 2.75) is 42.9 Å². The SMILES string of the molecule is Cc1cc(C)cc(NS(=O)(=O)c2ccc3c(c2)NC(=O)C(CC(=O)N2CCCC2)CS3)c1. The van der Waals surface area contributed by atoms with E-state index >= 15 is 0 Å². The first-order chi connectivity index (χ1) is 15.2. The molecule has 2 aliphatic rings. The Hall–Kier alpha value is -2.52. The van der Waals surface area contributed by atoms with E-state index in [2.05, 4.69) is 10.0 Å². The van der Waals surface area contributed by atoms with Crippen molar-refractivity contribution < 1.29 is 18.0 Å². The quantitative estimate of drug-likeness (QED) is 0.689. The number of nitrogens with one attached hydrogen (secondary N) is 2. The summed E-state index contributed by atoms with van der Waals surface area (Å²) < 4.78 is 28.5. The number of amides is 2. The number of sulfonamides is 1. The van der Waals surface area contributed by atoms with Gasteiger partial charge in [0, 0.05) is 35.8 Å². The Bertz CT molecular complexity index is 1140. The van der Waals surface area contributed by atoms with E-state index in [1.54, 1.807) is 24.3 Å². The normalized spacial score (nSPS) is 18.6.